The summed E-state index contributed by atoms with van der Waals surface area (Å²) in [5, 5.41) is 9.42. The molecule has 1 N–H and O–H groups in total. The smallest absolute Gasteiger partial charge is 0.263 e. The standard InChI is InChI=1S/C20H16FN3O4S/c1-2-27-16-4-3-5-17(11-16)28-19-8-7-18(10-14(19)12-22)29(25,26)24-20-9-6-15(21)13-23-20/h3-11,13H,2H2,1H3,(H,23,24). The quantitative estimate of drug-likeness (QED) is 0.626. The Kier molecular flexibility index (Phi) is 5.95. The second-order valence-electron chi connectivity index (χ2n) is 5.75. The van der Waals surface area contributed by atoms with E-state index >= 15 is 0 Å². The first-order valence-corrected chi connectivity index (χ1v) is 9.99. The number of nitrogens with zero attached hydrogens (tertiary/aromatic N) is 2. The Morgan fingerprint density at radius 1 is 1.14 bits per heavy atom. The van der Waals surface area contributed by atoms with E-state index in [1.807, 2.05) is 13.0 Å². The van der Waals surface area contributed by atoms with Crippen molar-refractivity contribution in [2.24, 2.45) is 0 Å². The number of hydrogen-bond acceptors (Lipinski definition) is 6. The molecule has 0 aliphatic carbocycles. The molecule has 0 spiro atoms. The van der Waals surface area contributed by atoms with Crippen LogP contribution < -0.4 is 14.2 Å². The Balaban J connectivity index is 1.85. The first-order chi connectivity index (χ1) is 13.9. The number of halogens is 1. The summed E-state index contributed by atoms with van der Waals surface area (Å²) in [5.41, 5.74) is 0.0294. The van der Waals surface area contributed by atoms with Crippen molar-refractivity contribution >= 4 is 15.8 Å². The SMILES string of the molecule is CCOc1cccc(Oc2ccc(S(=O)(=O)Nc3ccc(F)cn3)cc2C#N)c1. The third kappa shape index (κ3) is 5.00. The van der Waals surface area contributed by atoms with E-state index in [0.29, 0.717) is 18.1 Å². The molecule has 29 heavy (non-hydrogen) atoms. The molecule has 0 aliphatic heterocycles. The highest BCUT2D eigenvalue weighted by molar-refractivity contribution is 7.92. The predicted molar refractivity (Wildman–Crippen MR) is 104 cm³/mol. The number of aromatic nitrogens is 1. The average molecular weight is 413 g/mol. The summed E-state index contributed by atoms with van der Waals surface area (Å²) in [6.07, 6.45) is 0.895. The molecule has 1 aromatic heterocycles. The molecule has 2 aromatic carbocycles. The molecule has 3 aromatic rings. The van der Waals surface area contributed by atoms with Crippen LogP contribution >= 0.6 is 0 Å². The van der Waals surface area contributed by atoms with Gasteiger partial charge in [0.25, 0.3) is 10.0 Å². The first-order valence-electron chi connectivity index (χ1n) is 8.50. The maximum absolute atomic E-state index is 12.9. The van der Waals surface area contributed by atoms with E-state index in [4.69, 9.17) is 9.47 Å². The van der Waals surface area contributed by atoms with Crippen LogP contribution in [0.1, 0.15) is 12.5 Å². The lowest BCUT2D eigenvalue weighted by atomic mass is 10.2. The summed E-state index contributed by atoms with van der Waals surface area (Å²) in [4.78, 5) is 3.50. The zero-order valence-electron chi connectivity index (χ0n) is 15.3. The van der Waals surface area contributed by atoms with E-state index < -0.39 is 15.8 Å². The summed E-state index contributed by atoms with van der Waals surface area (Å²) in [7, 11) is -4.02. The second-order valence-corrected chi connectivity index (χ2v) is 7.43. The zero-order chi connectivity index (χ0) is 20.9. The molecule has 7 nitrogen and oxygen atoms in total. The molecule has 3 rings (SSSR count). The second kappa shape index (κ2) is 8.58. The number of ether oxygens (including phenoxy) is 2. The van der Waals surface area contributed by atoms with Gasteiger partial charge in [-0.2, -0.15) is 5.26 Å². The van der Waals surface area contributed by atoms with Gasteiger partial charge in [-0.05, 0) is 49.4 Å². The largest absolute Gasteiger partial charge is 0.494 e. The van der Waals surface area contributed by atoms with Gasteiger partial charge >= 0.3 is 0 Å². The monoisotopic (exact) mass is 413 g/mol. The van der Waals surface area contributed by atoms with Gasteiger partial charge in [0.05, 0.1) is 23.3 Å². The van der Waals surface area contributed by atoms with Crippen LogP contribution in [0, 0.1) is 17.1 Å². The number of rotatable bonds is 7. The van der Waals surface area contributed by atoms with Gasteiger partial charge in [-0.25, -0.2) is 17.8 Å². The van der Waals surface area contributed by atoms with Crippen LogP contribution in [-0.2, 0) is 10.0 Å². The van der Waals surface area contributed by atoms with Crippen LogP contribution in [0.4, 0.5) is 10.2 Å². The number of anilines is 1. The minimum atomic E-state index is -4.02. The van der Waals surface area contributed by atoms with Gasteiger partial charge in [-0.1, -0.05) is 6.07 Å². The fourth-order valence-electron chi connectivity index (χ4n) is 2.41. The summed E-state index contributed by atoms with van der Waals surface area (Å²) >= 11 is 0. The fraction of sp³-hybridized carbons (Fsp3) is 0.100. The van der Waals surface area contributed by atoms with Crippen molar-refractivity contribution in [3.05, 3.63) is 72.2 Å². The maximum Gasteiger partial charge on any atom is 0.263 e. The van der Waals surface area contributed by atoms with Gasteiger partial charge in [-0.15, -0.1) is 0 Å². The molecular formula is C20H16FN3O4S. The molecule has 0 unspecified atom stereocenters. The molecule has 0 saturated carbocycles. The van der Waals surface area contributed by atoms with Crippen molar-refractivity contribution in [1.29, 1.82) is 5.26 Å². The van der Waals surface area contributed by atoms with Gasteiger partial charge in [0, 0.05) is 6.07 Å². The van der Waals surface area contributed by atoms with Gasteiger partial charge in [0.2, 0.25) is 0 Å². The molecule has 0 aliphatic rings. The minimum Gasteiger partial charge on any atom is -0.494 e. The third-order valence-electron chi connectivity index (χ3n) is 3.69. The number of nitriles is 1. The molecule has 1 heterocycles. The maximum atomic E-state index is 12.9. The van der Waals surface area contributed by atoms with Crippen molar-refractivity contribution in [3.8, 4) is 23.3 Å². The van der Waals surface area contributed by atoms with Gasteiger partial charge in [-0.3, -0.25) is 4.72 Å². The predicted octanol–water partition coefficient (Wildman–Crippen LogP) is 4.08. The van der Waals surface area contributed by atoms with Crippen molar-refractivity contribution in [2.45, 2.75) is 11.8 Å². The van der Waals surface area contributed by atoms with E-state index in [1.54, 1.807) is 24.3 Å². The van der Waals surface area contributed by atoms with E-state index in [2.05, 4.69) is 9.71 Å². The summed E-state index contributed by atoms with van der Waals surface area (Å²) in [6.45, 7) is 2.35. The van der Waals surface area contributed by atoms with E-state index in [0.717, 1.165) is 12.3 Å². The zero-order valence-corrected chi connectivity index (χ0v) is 16.1. The third-order valence-corrected chi connectivity index (χ3v) is 5.04. The number of sulfonamides is 1. The highest BCUT2D eigenvalue weighted by Gasteiger charge is 2.18. The average Bonchev–Trinajstić information content (AvgIpc) is 2.70. The lowest BCUT2D eigenvalue weighted by Gasteiger charge is -2.11. The summed E-state index contributed by atoms with van der Waals surface area (Å²) < 4.78 is 51.3. The normalized spacial score (nSPS) is 10.8. The minimum absolute atomic E-state index is 0.0294. The van der Waals surface area contributed by atoms with Crippen LogP contribution in [0.25, 0.3) is 0 Å². The number of pyridine rings is 1. The Morgan fingerprint density at radius 3 is 2.62 bits per heavy atom. The topological polar surface area (TPSA) is 101 Å². The number of benzene rings is 2. The molecule has 0 radical (unpaired) electrons. The number of nitrogens with one attached hydrogen (secondary N) is 1. The lowest BCUT2D eigenvalue weighted by molar-refractivity contribution is 0.338. The molecule has 0 atom stereocenters. The molecule has 0 amide bonds. The molecule has 0 saturated heterocycles. The van der Waals surface area contributed by atoms with E-state index in [-0.39, 0.29) is 22.0 Å². The van der Waals surface area contributed by atoms with Gasteiger partial charge in [0.1, 0.15) is 35.0 Å². The van der Waals surface area contributed by atoms with Crippen LogP contribution in [0.15, 0.2) is 65.7 Å². The molecule has 9 heteroatoms. The molecule has 0 fully saturated rings. The van der Waals surface area contributed by atoms with Crippen LogP contribution in [0.2, 0.25) is 0 Å². The Hall–Kier alpha value is -3.64. The molecule has 0 bridgehead atoms. The molecule has 148 valence electrons. The van der Waals surface area contributed by atoms with Crippen LogP contribution in [-0.4, -0.2) is 20.0 Å². The van der Waals surface area contributed by atoms with Gasteiger partial charge < -0.3 is 9.47 Å². The van der Waals surface area contributed by atoms with Crippen LogP contribution in [0.3, 0.4) is 0 Å². The lowest BCUT2D eigenvalue weighted by Crippen LogP contribution is -2.14. The Morgan fingerprint density at radius 2 is 1.93 bits per heavy atom. The fourth-order valence-corrected chi connectivity index (χ4v) is 3.44. The van der Waals surface area contributed by atoms with E-state index in [9.17, 15) is 18.1 Å². The Labute approximate surface area is 167 Å². The highest BCUT2D eigenvalue weighted by Crippen LogP contribution is 2.29. The van der Waals surface area contributed by atoms with Crippen molar-refractivity contribution in [3.63, 3.8) is 0 Å². The molecular weight excluding hydrogens is 397 g/mol. The van der Waals surface area contributed by atoms with Crippen molar-refractivity contribution in [2.75, 3.05) is 11.3 Å². The van der Waals surface area contributed by atoms with Crippen LogP contribution in [0.5, 0.6) is 17.2 Å². The summed E-state index contributed by atoms with van der Waals surface area (Å²) in [5.74, 6) is 0.614. The van der Waals surface area contributed by atoms with Gasteiger partial charge in [0.15, 0.2) is 0 Å². The van der Waals surface area contributed by atoms with Crippen molar-refractivity contribution < 1.29 is 22.3 Å². The van der Waals surface area contributed by atoms with Crippen molar-refractivity contribution in [1.82, 2.24) is 4.98 Å². The highest BCUT2D eigenvalue weighted by atomic mass is 32.2. The summed E-state index contributed by atoms with van der Waals surface area (Å²) in [6, 6.07) is 14.9. The number of hydrogen-bond donors (Lipinski definition) is 1. The first kappa shape index (κ1) is 20.1. The Bertz CT molecular complexity index is 1160. The van der Waals surface area contributed by atoms with E-state index in [1.165, 1.54) is 24.3 Å².